The van der Waals surface area contributed by atoms with Crippen molar-refractivity contribution in [3.8, 4) is 6.07 Å². The van der Waals surface area contributed by atoms with Crippen LogP contribution in [0.4, 0.5) is 5.69 Å². The van der Waals surface area contributed by atoms with Crippen LogP contribution in [0.2, 0.25) is 4.34 Å². The predicted octanol–water partition coefficient (Wildman–Crippen LogP) is 5.38. The summed E-state index contributed by atoms with van der Waals surface area (Å²) in [4.78, 5) is 0. The second-order valence-electron chi connectivity index (χ2n) is 5.36. The van der Waals surface area contributed by atoms with Crippen molar-refractivity contribution in [1.82, 2.24) is 0 Å². The van der Waals surface area contributed by atoms with Gasteiger partial charge in [0.25, 0.3) is 0 Å². The lowest BCUT2D eigenvalue weighted by atomic mass is 9.86. The van der Waals surface area contributed by atoms with Crippen molar-refractivity contribution in [1.29, 1.82) is 5.26 Å². The van der Waals surface area contributed by atoms with E-state index in [9.17, 15) is 0 Å². The van der Waals surface area contributed by atoms with Gasteiger partial charge in [0.05, 0.1) is 15.8 Å². The first-order valence-corrected chi connectivity index (χ1v) is 7.70. The molecule has 2 nitrogen and oxygen atoms in total. The standard InChI is InChI=1S/C16H17ClN2S/c1-11(12-8-15(17)20-9-12)19-14-6-4-13(5-7-14)16(2,3)10-18/h4-9,11,19H,1-3H3. The molecule has 0 saturated heterocycles. The molecule has 104 valence electrons. The number of benzene rings is 1. The number of nitriles is 1. The lowest BCUT2D eigenvalue weighted by Gasteiger charge is -2.18. The maximum atomic E-state index is 9.14. The Kier molecular flexibility index (Phi) is 4.37. The van der Waals surface area contributed by atoms with Crippen molar-refractivity contribution < 1.29 is 0 Å². The van der Waals surface area contributed by atoms with Crippen LogP contribution >= 0.6 is 22.9 Å². The van der Waals surface area contributed by atoms with E-state index in [0.717, 1.165) is 15.6 Å². The van der Waals surface area contributed by atoms with E-state index in [1.165, 1.54) is 5.56 Å². The molecule has 0 radical (unpaired) electrons. The van der Waals surface area contributed by atoms with E-state index in [1.54, 1.807) is 11.3 Å². The molecule has 1 heterocycles. The highest BCUT2D eigenvalue weighted by Crippen LogP contribution is 2.28. The Morgan fingerprint density at radius 3 is 2.45 bits per heavy atom. The molecular formula is C16H17ClN2S. The van der Waals surface area contributed by atoms with Crippen LogP contribution in [0.15, 0.2) is 35.7 Å². The third-order valence-corrected chi connectivity index (χ3v) is 4.47. The number of halogens is 1. The van der Waals surface area contributed by atoms with Crippen LogP contribution in [0.1, 0.15) is 37.9 Å². The van der Waals surface area contributed by atoms with Crippen molar-refractivity contribution in [3.05, 3.63) is 51.2 Å². The van der Waals surface area contributed by atoms with Crippen molar-refractivity contribution in [2.45, 2.75) is 32.2 Å². The van der Waals surface area contributed by atoms with E-state index >= 15 is 0 Å². The van der Waals surface area contributed by atoms with Crippen LogP contribution in [-0.2, 0) is 5.41 Å². The molecule has 1 aromatic carbocycles. The fourth-order valence-electron chi connectivity index (χ4n) is 1.93. The van der Waals surface area contributed by atoms with E-state index in [-0.39, 0.29) is 6.04 Å². The van der Waals surface area contributed by atoms with E-state index in [1.807, 2.05) is 44.2 Å². The maximum Gasteiger partial charge on any atom is 0.0931 e. The highest BCUT2D eigenvalue weighted by Gasteiger charge is 2.19. The fraction of sp³-hybridized carbons (Fsp3) is 0.312. The molecule has 0 fully saturated rings. The zero-order chi connectivity index (χ0) is 14.8. The summed E-state index contributed by atoms with van der Waals surface area (Å²) in [6.07, 6.45) is 0. The van der Waals surface area contributed by atoms with E-state index in [2.05, 4.69) is 23.7 Å². The zero-order valence-electron chi connectivity index (χ0n) is 11.8. The Morgan fingerprint density at radius 1 is 1.30 bits per heavy atom. The van der Waals surface area contributed by atoms with Gasteiger partial charge < -0.3 is 5.32 Å². The highest BCUT2D eigenvalue weighted by atomic mass is 35.5. The molecule has 0 amide bonds. The van der Waals surface area contributed by atoms with Crippen molar-refractivity contribution >= 4 is 28.6 Å². The monoisotopic (exact) mass is 304 g/mol. The summed E-state index contributed by atoms with van der Waals surface area (Å²) in [5.74, 6) is 0. The number of anilines is 1. The largest absolute Gasteiger partial charge is 0.378 e. The van der Waals surface area contributed by atoms with Gasteiger partial charge >= 0.3 is 0 Å². The van der Waals surface area contributed by atoms with Gasteiger partial charge in [-0.3, -0.25) is 0 Å². The molecule has 1 aromatic heterocycles. The maximum absolute atomic E-state index is 9.14. The molecule has 1 atom stereocenters. The summed E-state index contributed by atoms with van der Waals surface area (Å²) < 4.78 is 0.805. The lowest BCUT2D eigenvalue weighted by Crippen LogP contribution is -2.13. The molecule has 0 saturated carbocycles. The van der Waals surface area contributed by atoms with E-state index in [4.69, 9.17) is 16.9 Å². The van der Waals surface area contributed by atoms with Crippen LogP contribution in [0.3, 0.4) is 0 Å². The predicted molar refractivity (Wildman–Crippen MR) is 86.4 cm³/mol. The lowest BCUT2D eigenvalue weighted by molar-refractivity contribution is 0.687. The minimum absolute atomic E-state index is 0.202. The number of rotatable bonds is 4. The molecule has 20 heavy (non-hydrogen) atoms. The molecule has 0 spiro atoms. The Morgan fingerprint density at radius 2 is 1.95 bits per heavy atom. The minimum Gasteiger partial charge on any atom is -0.378 e. The van der Waals surface area contributed by atoms with Gasteiger partial charge in [-0.1, -0.05) is 23.7 Å². The number of hydrogen-bond donors (Lipinski definition) is 1. The molecule has 0 aliphatic rings. The average Bonchev–Trinajstić information content (AvgIpc) is 2.86. The minimum atomic E-state index is -0.453. The topological polar surface area (TPSA) is 35.8 Å². The number of thiophene rings is 1. The Balaban J connectivity index is 2.10. The Labute approximate surface area is 129 Å². The third-order valence-electron chi connectivity index (χ3n) is 3.36. The first-order valence-electron chi connectivity index (χ1n) is 6.44. The van der Waals surface area contributed by atoms with Gasteiger partial charge in [0.1, 0.15) is 0 Å². The van der Waals surface area contributed by atoms with Gasteiger partial charge in [0.2, 0.25) is 0 Å². The molecule has 2 aromatic rings. The second-order valence-corrected chi connectivity index (χ2v) is 6.91. The second kappa shape index (κ2) is 5.87. The molecule has 0 bridgehead atoms. The van der Waals surface area contributed by atoms with Gasteiger partial charge in [0, 0.05) is 11.7 Å². The highest BCUT2D eigenvalue weighted by molar-refractivity contribution is 7.14. The summed E-state index contributed by atoms with van der Waals surface area (Å²) in [6.45, 7) is 5.95. The summed E-state index contributed by atoms with van der Waals surface area (Å²) in [5, 5.41) is 14.6. The van der Waals surface area contributed by atoms with Crippen LogP contribution in [0, 0.1) is 11.3 Å². The smallest absolute Gasteiger partial charge is 0.0931 e. The van der Waals surface area contributed by atoms with Gasteiger partial charge in [0.15, 0.2) is 0 Å². The van der Waals surface area contributed by atoms with Crippen LogP contribution < -0.4 is 5.32 Å². The average molecular weight is 305 g/mol. The summed E-state index contributed by atoms with van der Waals surface area (Å²) in [5.41, 5.74) is 2.79. The Hall–Kier alpha value is -1.50. The summed E-state index contributed by atoms with van der Waals surface area (Å²) in [6, 6.07) is 12.5. The Bertz CT molecular complexity index is 623. The number of nitrogens with one attached hydrogen (secondary N) is 1. The summed E-state index contributed by atoms with van der Waals surface area (Å²) in [7, 11) is 0. The molecule has 0 aliphatic heterocycles. The molecule has 4 heteroatoms. The third kappa shape index (κ3) is 3.33. The van der Waals surface area contributed by atoms with Gasteiger partial charge in [-0.15, -0.1) is 11.3 Å². The number of hydrogen-bond acceptors (Lipinski definition) is 3. The molecular weight excluding hydrogens is 288 g/mol. The summed E-state index contributed by atoms with van der Waals surface area (Å²) >= 11 is 7.50. The molecule has 1 N–H and O–H groups in total. The quantitative estimate of drug-likeness (QED) is 0.823. The van der Waals surface area contributed by atoms with Crippen LogP contribution in [-0.4, -0.2) is 0 Å². The van der Waals surface area contributed by atoms with E-state index < -0.39 is 5.41 Å². The normalized spacial score (nSPS) is 12.8. The van der Waals surface area contributed by atoms with Crippen molar-refractivity contribution in [2.75, 3.05) is 5.32 Å². The van der Waals surface area contributed by atoms with Gasteiger partial charge in [-0.2, -0.15) is 5.26 Å². The van der Waals surface area contributed by atoms with Crippen LogP contribution in [0.5, 0.6) is 0 Å². The zero-order valence-corrected chi connectivity index (χ0v) is 13.3. The SMILES string of the molecule is CC(Nc1ccc(C(C)(C)C#N)cc1)c1csc(Cl)c1. The number of nitrogens with zero attached hydrogens (tertiary/aromatic N) is 1. The van der Waals surface area contributed by atoms with E-state index in [0.29, 0.717) is 0 Å². The van der Waals surface area contributed by atoms with Gasteiger partial charge in [-0.25, -0.2) is 0 Å². The van der Waals surface area contributed by atoms with Crippen molar-refractivity contribution in [3.63, 3.8) is 0 Å². The molecule has 1 unspecified atom stereocenters. The fourth-order valence-corrected chi connectivity index (χ4v) is 2.92. The first kappa shape index (κ1) is 14.9. The van der Waals surface area contributed by atoms with Gasteiger partial charge in [-0.05, 0) is 55.5 Å². The van der Waals surface area contributed by atoms with Crippen molar-refractivity contribution in [2.24, 2.45) is 0 Å². The first-order chi connectivity index (χ1) is 9.42. The molecule has 2 rings (SSSR count). The van der Waals surface area contributed by atoms with Crippen LogP contribution in [0.25, 0.3) is 0 Å². The molecule has 0 aliphatic carbocycles.